The van der Waals surface area contributed by atoms with Crippen molar-refractivity contribution in [1.29, 1.82) is 0 Å². The second kappa shape index (κ2) is 7.62. The number of hydrogen-bond acceptors (Lipinski definition) is 5. The van der Waals surface area contributed by atoms with Crippen LogP contribution in [0.5, 0.6) is 0 Å². The van der Waals surface area contributed by atoms with E-state index in [1.54, 1.807) is 22.1 Å². The number of hydrogen-bond donors (Lipinski definition) is 2. The van der Waals surface area contributed by atoms with Crippen LogP contribution in [0.3, 0.4) is 0 Å². The maximum absolute atomic E-state index is 12.6. The number of thiazole rings is 1. The molecule has 2 N–H and O–H groups in total. The van der Waals surface area contributed by atoms with Gasteiger partial charge in [-0.1, -0.05) is 17.7 Å². The van der Waals surface area contributed by atoms with Crippen molar-refractivity contribution < 1.29 is 4.79 Å². The Hall–Kier alpha value is -2.51. The van der Waals surface area contributed by atoms with Crippen LogP contribution < -0.4 is 10.6 Å². The molecule has 1 aliphatic rings. The molecule has 2 aromatic heterocycles. The van der Waals surface area contributed by atoms with E-state index >= 15 is 0 Å². The minimum atomic E-state index is -0.227. The van der Waals surface area contributed by atoms with Crippen LogP contribution in [0.25, 0.3) is 5.69 Å². The lowest BCUT2D eigenvalue weighted by atomic mass is 9.97. The second-order valence-electron chi connectivity index (χ2n) is 6.96. The van der Waals surface area contributed by atoms with Crippen LogP contribution in [-0.4, -0.2) is 33.8 Å². The number of carbonyl (C=O) groups is 1. The van der Waals surface area contributed by atoms with Gasteiger partial charge in [0.05, 0.1) is 5.69 Å². The van der Waals surface area contributed by atoms with Crippen LogP contribution in [-0.2, 0) is 0 Å². The molecular formula is C20H23N5OS. The number of piperidine rings is 1. The number of anilines is 1. The molecule has 1 fully saturated rings. The van der Waals surface area contributed by atoms with Gasteiger partial charge < -0.3 is 5.32 Å². The van der Waals surface area contributed by atoms with Crippen molar-refractivity contribution in [2.75, 3.05) is 18.4 Å². The van der Waals surface area contributed by atoms with E-state index in [9.17, 15) is 4.79 Å². The Labute approximate surface area is 162 Å². The van der Waals surface area contributed by atoms with Crippen molar-refractivity contribution in [2.45, 2.75) is 32.6 Å². The summed E-state index contributed by atoms with van der Waals surface area (Å²) in [7, 11) is 0. The summed E-state index contributed by atoms with van der Waals surface area (Å²) in [5, 5.41) is 11.4. The quantitative estimate of drug-likeness (QED) is 0.723. The van der Waals surface area contributed by atoms with Gasteiger partial charge in [-0.25, -0.2) is 9.67 Å². The third-order valence-corrected chi connectivity index (χ3v) is 5.96. The lowest BCUT2D eigenvalue weighted by Crippen LogP contribution is -2.26. The van der Waals surface area contributed by atoms with E-state index in [0.717, 1.165) is 37.3 Å². The Morgan fingerprint density at radius 2 is 1.96 bits per heavy atom. The fourth-order valence-electron chi connectivity index (χ4n) is 3.33. The molecule has 0 unspecified atom stereocenters. The fraction of sp³-hybridized carbons (Fsp3) is 0.350. The molecule has 0 bridgehead atoms. The molecule has 1 saturated heterocycles. The van der Waals surface area contributed by atoms with Crippen molar-refractivity contribution in [3.8, 4) is 5.69 Å². The topological polar surface area (TPSA) is 71.8 Å². The molecule has 0 atom stereocenters. The Kier molecular flexibility index (Phi) is 5.05. The van der Waals surface area contributed by atoms with Gasteiger partial charge in [-0.3, -0.25) is 10.1 Å². The average molecular weight is 382 g/mol. The molecule has 1 aromatic carbocycles. The molecule has 27 heavy (non-hydrogen) atoms. The summed E-state index contributed by atoms with van der Waals surface area (Å²) >= 11 is 1.57. The molecule has 0 radical (unpaired) electrons. The van der Waals surface area contributed by atoms with Gasteiger partial charge in [-0.2, -0.15) is 5.10 Å². The predicted molar refractivity (Wildman–Crippen MR) is 108 cm³/mol. The first kappa shape index (κ1) is 17.9. The Bertz CT molecular complexity index is 938. The number of benzene rings is 1. The normalized spacial score (nSPS) is 15.0. The number of aromatic nitrogens is 3. The first-order valence-corrected chi connectivity index (χ1v) is 10.0. The minimum absolute atomic E-state index is 0.227. The molecule has 0 spiro atoms. The standard InChI is InChI=1S/C20H23N5OS/c1-13-3-5-16(6-4-13)25-14(2)11-17(24-25)19(26)23-20-22-12-18(27-20)15-7-9-21-10-8-15/h3-6,11-12,15,21H,7-10H2,1-2H3,(H,22,23,26). The summed E-state index contributed by atoms with van der Waals surface area (Å²) in [5.41, 5.74) is 3.44. The summed E-state index contributed by atoms with van der Waals surface area (Å²) in [4.78, 5) is 18.2. The molecule has 6 nitrogen and oxygen atoms in total. The Morgan fingerprint density at radius 3 is 2.70 bits per heavy atom. The minimum Gasteiger partial charge on any atom is -0.317 e. The third kappa shape index (κ3) is 3.94. The highest BCUT2D eigenvalue weighted by molar-refractivity contribution is 7.15. The third-order valence-electron chi connectivity index (χ3n) is 4.88. The first-order valence-electron chi connectivity index (χ1n) is 9.21. The van der Waals surface area contributed by atoms with E-state index in [1.165, 1.54) is 10.4 Å². The average Bonchev–Trinajstić information content (AvgIpc) is 3.30. The van der Waals surface area contributed by atoms with Crippen LogP contribution in [0.1, 0.15) is 45.4 Å². The van der Waals surface area contributed by atoms with E-state index in [-0.39, 0.29) is 5.91 Å². The molecule has 4 rings (SSSR count). The number of nitrogens with one attached hydrogen (secondary N) is 2. The monoisotopic (exact) mass is 381 g/mol. The van der Waals surface area contributed by atoms with E-state index in [2.05, 4.69) is 20.7 Å². The number of carbonyl (C=O) groups excluding carboxylic acids is 1. The van der Waals surface area contributed by atoms with Gasteiger partial charge in [0.25, 0.3) is 5.91 Å². The molecule has 0 saturated carbocycles. The SMILES string of the molecule is Cc1ccc(-n2nc(C(=O)Nc3ncc(C4CCNCC4)s3)cc2C)cc1. The van der Waals surface area contributed by atoms with E-state index in [0.29, 0.717) is 16.7 Å². The highest BCUT2D eigenvalue weighted by Crippen LogP contribution is 2.31. The maximum Gasteiger partial charge on any atom is 0.277 e. The van der Waals surface area contributed by atoms with Crippen LogP contribution in [0.2, 0.25) is 0 Å². The Morgan fingerprint density at radius 1 is 1.22 bits per heavy atom. The van der Waals surface area contributed by atoms with E-state index < -0.39 is 0 Å². The van der Waals surface area contributed by atoms with Crippen LogP contribution >= 0.6 is 11.3 Å². The zero-order valence-electron chi connectivity index (χ0n) is 15.5. The summed E-state index contributed by atoms with van der Waals surface area (Å²) in [6, 6.07) is 9.88. The molecule has 1 aliphatic heterocycles. The largest absolute Gasteiger partial charge is 0.317 e. The number of rotatable bonds is 4. The predicted octanol–water partition coefficient (Wildman–Crippen LogP) is 3.66. The zero-order valence-corrected chi connectivity index (χ0v) is 16.3. The molecule has 1 amide bonds. The second-order valence-corrected chi connectivity index (χ2v) is 8.03. The smallest absolute Gasteiger partial charge is 0.277 e. The maximum atomic E-state index is 12.6. The van der Waals surface area contributed by atoms with Gasteiger partial charge in [-0.05, 0) is 63.9 Å². The van der Waals surface area contributed by atoms with Gasteiger partial charge in [0.1, 0.15) is 0 Å². The summed E-state index contributed by atoms with van der Waals surface area (Å²) in [6.45, 7) is 6.08. The lowest BCUT2D eigenvalue weighted by Gasteiger charge is -2.20. The van der Waals surface area contributed by atoms with Crippen molar-refractivity contribution in [3.63, 3.8) is 0 Å². The molecule has 3 heterocycles. The molecule has 0 aliphatic carbocycles. The van der Waals surface area contributed by atoms with Gasteiger partial charge >= 0.3 is 0 Å². The highest BCUT2D eigenvalue weighted by atomic mass is 32.1. The Balaban J connectivity index is 1.48. The van der Waals surface area contributed by atoms with Gasteiger partial charge in [0.2, 0.25) is 0 Å². The number of nitrogens with zero attached hydrogens (tertiary/aromatic N) is 3. The number of aryl methyl sites for hydroxylation is 2. The van der Waals surface area contributed by atoms with Crippen LogP contribution in [0.4, 0.5) is 5.13 Å². The van der Waals surface area contributed by atoms with Crippen LogP contribution in [0.15, 0.2) is 36.5 Å². The van der Waals surface area contributed by atoms with E-state index in [4.69, 9.17) is 0 Å². The first-order chi connectivity index (χ1) is 13.1. The van der Waals surface area contributed by atoms with Crippen molar-refractivity contribution in [1.82, 2.24) is 20.1 Å². The summed E-state index contributed by atoms with van der Waals surface area (Å²) < 4.78 is 1.79. The molecular weight excluding hydrogens is 358 g/mol. The van der Waals surface area contributed by atoms with Crippen molar-refractivity contribution in [3.05, 3.63) is 58.4 Å². The summed E-state index contributed by atoms with van der Waals surface area (Å²) in [5.74, 6) is 0.313. The zero-order chi connectivity index (χ0) is 18.8. The summed E-state index contributed by atoms with van der Waals surface area (Å²) in [6.07, 6.45) is 4.14. The fourth-order valence-corrected chi connectivity index (χ4v) is 4.31. The lowest BCUT2D eigenvalue weighted by molar-refractivity contribution is 0.102. The number of amides is 1. The van der Waals surface area contributed by atoms with Gasteiger partial charge in [-0.15, -0.1) is 11.3 Å². The van der Waals surface area contributed by atoms with Crippen molar-refractivity contribution >= 4 is 22.4 Å². The van der Waals surface area contributed by atoms with Gasteiger partial charge in [0.15, 0.2) is 10.8 Å². The van der Waals surface area contributed by atoms with E-state index in [1.807, 2.05) is 44.3 Å². The van der Waals surface area contributed by atoms with Crippen LogP contribution in [0, 0.1) is 13.8 Å². The molecule has 140 valence electrons. The van der Waals surface area contributed by atoms with Gasteiger partial charge in [0, 0.05) is 16.8 Å². The highest BCUT2D eigenvalue weighted by Gasteiger charge is 2.19. The molecule has 7 heteroatoms. The van der Waals surface area contributed by atoms with Crippen molar-refractivity contribution in [2.24, 2.45) is 0 Å². The molecule has 3 aromatic rings.